The first-order valence-electron chi connectivity index (χ1n) is 15.6. The first-order valence-corrected chi connectivity index (χ1v) is 18.9. The highest BCUT2D eigenvalue weighted by Crippen LogP contribution is 2.59. The Balaban J connectivity index is 1.18. The average Bonchev–Trinajstić information content (AvgIpc) is 3.35. The number of nitrogens with one attached hydrogen (secondary N) is 1. The molecule has 2 saturated carbocycles. The molecule has 2 aromatic heterocycles. The first kappa shape index (κ1) is 29.6. The van der Waals surface area contributed by atoms with Crippen molar-refractivity contribution in [1.82, 2.24) is 19.8 Å². The van der Waals surface area contributed by atoms with Gasteiger partial charge in [0.05, 0.1) is 17.0 Å². The molecule has 4 aliphatic rings. The summed E-state index contributed by atoms with van der Waals surface area (Å²) in [6.45, 7) is 3.56. The summed E-state index contributed by atoms with van der Waals surface area (Å²) in [6, 6.07) is 4.00. The summed E-state index contributed by atoms with van der Waals surface area (Å²) in [6.07, 6.45) is 13.3. The van der Waals surface area contributed by atoms with E-state index in [-0.39, 0.29) is 17.1 Å². The molecule has 41 heavy (non-hydrogen) atoms. The largest absolute Gasteiger partial charge is 0.351 e. The van der Waals surface area contributed by atoms with Gasteiger partial charge in [-0.25, -0.2) is 12.7 Å². The second-order valence-electron chi connectivity index (χ2n) is 12.7. The number of nitrogens with zero attached hydrogens (tertiary/aromatic N) is 3. The average molecular weight is 621 g/mol. The van der Waals surface area contributed by atoms with Crippen LogP contribution < -0.4 is 5.32 Å². The Labute approximate surface area is 252 Å². The third kappa shape index (κ3) is 6.58. The summed E-state index contributed by atoms with van der Waals surface area (Å²) in [5.41, 5.74) is 0. The van der Waals surface area contributed by atoms with Crippen LogP contribution in [-0.2, 0) is 21.4 Å². The van der Waals surface area contributed by atoms with Gasteiger partial charge < -0.3 is 9.84 Å². The minimum atomic E-state index is -3.59. The number of sulfonamides is 1. The second kappa shape index (κ2) is 12.7. The van der Waals surface area contributed by atoms with Crippen LogP contribution in [0.5, 0.6) is 0 Å². The fraction of sp³-hybridized carbons (Fsp3) is 0.767. The monoisotopic (exact) mass is 620 g/mol. The lowest BCUT2D eigenvalue weighted by molar-refractivity contribution is -0.126. The zero-order valence-electron chi connectivity index (χ0n) is 24.1. The Kier molecular flexibility index (Phi) is 9.15. The van der Waals surface area contributed by atoms with Crippen LogP contribution in [0, 0.1) is 11.8 Å². The summed E-state index contributed by atoms with van der Waals surface area (Å²) in [5.74, 6) is 2.00. The molecule has 0 radical (unpaired) electrons. The van der Waals surface area contributed by atoms with Crippen molar-refractivity contribution >= 4 is 39.0 Å². The molecular weight excluding hydrogens is 577 g/mol. The summed E-state index contributed by atoms with van der Waals surface area (Å²) >= 11 is 3.43. The number of hydrogen-bond donors (Lipinski definition) is 1. The summed E-state index contributed by atoms with van der Waals surface area (Å²) in [7, 11) is -3.59. The summed E-state index contributed by atoms with van der Waals surface area (Å²) in [5, 5.41) is 8.84. The maximum absolute atomic E-state index is 14.5. The van der Waals surface area contributed by atoms with Crippen molar-refractivity contribution in [2.75, 3.05) is 13.1 Å². The molecular formula is C30H44N4O4S3. The van der Waals surface area contributed by atoms with E-state index in [1.165, 1.54) is 25.7 Å². The third-order valence-corrected chi connectivity index (χ3v) is 15.2. The predicted octanol–water partition coefficient (Wildman–Crippen LogP) is 6.42. The van der Waals surface area contributed by atoms with Crippen LogP contribution in [0.25, 0.3) is 0 Å². The van der Waals surface area contributed by atoms with Crippen LogP contribution in [-0.4, -0.2) is 51.9 Å². The van der Waals surface area contributed by atoms with Gasteiger partial charge in [-0.05, 0) is 69.2 Å². The van der Waals surface area contributed by atoms with Gasteiger partial charge in [0.15, 0.2) is 5.82 Å². The van der Waals surface area contributed by atoms with Crippen LogP contribution in [0.1, 0.15) is 118 Å². The Morgan fingerprint density at radius 1 is 1.07 bits per heavy atom. The zero-order valence-corrected chi connectivity index (χ0v) is 26.6. The molecule has 2 aromatic rings. The molecule has 2 saturated heterocycles. The number of carbonyl (C=O) groups excluding carboxylic acids is 1. The number of thiophene rings is 1. The van der Waals surface area contributed by atoms with E-state index in [2.05, 4.69) is 17.4 Å². The Morgan fingerprint density at radius 3 is 2.44 bits per heavy atom. The summed E-state index contributed by atoms with van der Waals surface area (Å²) < 4.78 is 35.8. The molecule has 0 bridgehead atoms. The molecule has 1 amide bonds. The molecule has 2 aliphatic carbocycles. The molecule has 3 unspecified atom stereocenters. The van der Waals surface area contributed by atoms with Crippen molar-refractivity contribution in [2.45, 2.75) is 118 Å². The summed E-state index contributed by atoms with van der Waals surface area (Å²) in [4.78, 5) is 18.7. The van der Waals surface area contributed by atoms with Gasteiger partial charge in [0.2, 0.25) is 21.8 Å². The number of aromatic nitrogens is 2. The lowest BCUT2D eigenvalue weighted by Crippen LogP contribution is -2.52. The molecule has 1 N–H and O–H groups in total. The Morgan fingerprint density at radius 2 is 1.78 bits per heavy atom. The quantitative estimate of drug-likeness (QED) is 0.363. The van der Waals surface area contributed by atoms with Gasteiger partial charge in [-0.15, -0.1) is 23.1 Å². The van der Waals surface area contributed by atoms with Crippen LogP contribution in [0.4, 0.5) is 0 Å². The Bertz CT molecular complexity index is 1260. The van der Waals surface area contributed by atoms with Crippen molar-refractivity contribution < 1.29 is 17.7 Å². The van der Waals surface area contributed by atoms with E-state index in [1.54, 1.807) is 27.4 Å². The molecule has 4 fully saturated rings. The molecule has 226 valence electrons. The van der Waals surface area contributed by atoms with Gasteiger partial charge in [0.25, 0.3) is 0 Å². The van der Waals surface area contributed by atoms with E-state index in [0.717, 1.165) is 49.3 Å². The maximum Gasteiger partial charge on any atom is 0.229 e. The topological polar surface area (TPSA) is 105 Å². The minimum absolute atomic E-state index is 0.0333. The second-order valence-corrected chi connectivity index (χ2v) is 17.5. The SMILES string of the molecule is CC1(C2CCCCCCCC2)SC(c2noc(C3CC3)n2)CC1S(=O)(=O)N1CCC(C(=O)NCc2cccs2)CC1. The van der Waals surface area contributed by atoms with E-state index in [1.807, 2.05) is 17.5 Å². The van der Waals surface area contributed by atoms with E-state index < -0.39 is 20.0 Å². The molecule has 2 aliphatic heterocycles. The maximum atomic E-state index is 14.5. The van der Waals surface area contributed by atoms with Gasteiger partial charge in [0, 0.05) is 34.5 Å². The fourth-order valence-electron chi connectivity index (χ4n) is 7.16. The number of carbonyl (C=O) groups is 1. The fourth-order valence-corrected chi connectivity index (χ4v) is 12.5. The Hall–Kier alpha value is -1.43. The molecule has 8 nitrogen and oxygen atoms in total. The van der Waals surface area contributed by atoms with Crippen LogP contribution in [0.2, 0.25) is 0 Å². The highest BCUT2D eigenvalue weighted by atomic mass is 32.2. The highest BCUT2D eigenvalue weighted by molar-refractivity contribution is 8.02. The van der Waals surface area contributed by atoms with Crippen LogP contribution in [0.15, 0.2) is 22.0 Å². The van der Waals surface area contributed by atoms with Gasteiger partial charge in [0.1, 0.15) is 0 Å². The number of thioether (sulfide) groups is 1. The van der Waals surface area contributed by atoms with Gasteiger partial charge in [-0.1, -0.05) is 49.7 Å². The standard InChI is InChI=1S/C30H44N4O4S3/c1-30(23-9-6-4-2-3-5-7-10-23)26(19-25(40-30)27-32-29(38-33-27)22-12-13-22)41(36,37)34-16-14-21(15-17-34)28(35)31-20-24-11-8-18-39-24/h8,11,18,21-23,25-26H,2-7,9-10,12-17,19-20H2,1H3,(H,31,35). The molecule has 11 heteroatoms. The van der Waals surface area contributed by atoms with Crippen molar-refractivity contribution in [2.24, 2.45) is 11.8 Å². The zero-order chi connectivity index (χ0) is 28.5. The molecule has 0 aromatic carbocycles. The predicted molar refractivity (Wildman–Crippen MR) is 163 cm³/mol. The first-order chi connectivity index (χ1) is 19.8. The minimum Gasteiger partial charge on any atom is -0.351 e. The van der Waals surface area contributed by atoms with Gasteiger partial charge in [-0.2, -0.15) is 4.98 Å². The van der Waals surface area contributed by atoms with E-state index in [4.69, 9.17) is 9.51 Å². The van der Waals surface area contributed by atoms with Crippen molar-refractivity contribution in [1.29, 1.82) is 0 Å². The van der Waals surface area contributed by atoms with Gasteiger partial charge in [-0.3, -0.25) is 4.79 Å². The third-order valence-electron chi connectivity index (χ3n) is 9.86. The van der Waals surface area contributed by atoms with Crippen LogP contribution >= 0.6 is 23.1 Å². The molecule has 4 heterocycles. The lowest BCUT2D eigenvalue weighted by Gasteiger charge is -2.41. The molecule has 0 spiro atoms. The van der Waals surface area contributed by atoms with Crippen LogP contribution in [0.3, 0.4) is 0 Å². The molecule has 3 atom stereocenters. The highest BCUT2D eigenvalue weighted by Gasteiger charge is 2.57. The van der Waals surface area contributed by atoms with E-state index in [9.17, 15) is 13.2 Å². The van der Waals surface area contributed by atoms with E-state index in [0.29, 0.717) is 56.6 Å². The van der Waals surface area contributed by atoms with Gasteiger partial charge >= 0.3 is 0 Å². The smallest absolute Gasteiger partial charge is 0.229 e. The number of piperidine rings is 1. The normalized spacial score (nSPS) is 29.6. The van der Waals surface area contributed by atoms with Crippen molar-refractivity contribution in [3.63, 3.8) is 0 Å². The van der Waals surface area contributed by atoms with Crippen molar-refractivity contribution in [3.05, 3.63) is 34.1 Å². The lowest BCUT2D eigenvalue weighted by atomic mass is 9.82. The number of rotatable bonds is 8. The van der Waals surface area contributed by atoms with Crippen molar-refractivity contribution in [3.8, 4) is 0 Å². The molecule has 6 rings (SSSR count). The number of hydrogen-bond acceptors (Lipinski definition) is 8. The van der Waals surface area contributed by atoms with E-state index >= 15 is 0 Å². The number of amides is 1.